The normalized spacial score (nSPS) is 19.0. The highest BCUT2D eigenvalue weighted by atomic mass is 16.5. The predicted octanol–water partition coefficient (Wildman–Crippen LogP) is 3.41. The molecule has 1 N–H and O–H groups in total. The summed E-state index contributed by atoms with van der Waals surface area (Å²) in [5.74, 6) is 0.820. The van der Waals surface area contributed by atoms with Crippen LogP contribution < -0.4 is 4.74 Å². The summed E-state index contributed by atoms with van der Waals surface area (Å²) in [6.45, 7) is 2.45. The van der Waals surface area contributed by atoms with Gasteiger partial charge in [-0.05, 0) is 31.0 Å². The van der Waals surface area contributed by atoms with Gasteiger partial charge < -0.3 is 14.6 Å². The van der Waals surface area contributed by atoms with Crippen molar-refractivity contribution in [1.29, 1.82) is 0 Å². The van der Waals surface area contributed by atoms with Crippen molar-refractivity contribution in [2.45, 2.75) is 31.6 Å². The molecule has 0 bridgehead atoms. The molecule has 0 saturated carbocycles. The summed E-state index contributed by atoms with van der Waals surface area (Å²) in [5.41, 5.74) is 2.34. The second-order valence-electron chi connectivity index (χ2n) is 6.54. The number of β-amino-alcohol motifs (C(OH)–C–C–N with tert-alkyl or cyclic N) is 1. The number of likely N-dealkylation sites (tertiary alicyclic amines) is 1. The summed E-state index contributed by atoms with van der Waals surface area (Å²) in [5, 5.41) is 10.4. The second kappa shape index (κ2) is 8.99. The molecule has 1 fully saturated rings. The monoisotopic (exact) mass is 341 g/mol. The van der Waals surface area contributed by atoms with Crippen LogP contribution in [0.15, 0.2) is 54.6 Å². The molecule has 1 aliphatic rings. The molecule has 0 aliphatic carbocycles. The van der Waals surface area contributed by atoms with Crippen molar-refractivity contribution in [3.63, 3.8) is 0 Å². The van der Waals surface area contributed by atoms with E-state index in [4.69, 9.17) is 9.47 Å². The van der Waals surface area contributed by atoms with E-state index in [2.05, 4.69) is 29.2 Å². The maximum absolute atomic E-state index is 10.4. The maximum atomic E-state index is 10.4. The Balaban J connectivity index is 1.48. The summed E-state index contributed by atoms with van der Waals surface area (Å²) in [4.78, 5) is 2.37. The minimum absolute atomic E-state index is 0.329. The van der Waals surface area contributed by atoms with Crippen molar-refractivity contribution >= 4 is 0 Å². The van der Waals surface area contributed by atoms with Crippen LogP contribution in [0.1, 0.15) is 30.0 Å². The zero-order chi connectivity index (χ0) is 17.5. The fourth-order valence-corrected chi connectivity index (χ4v) is 3.55. The number of rotatable bonds is 8. The zero-order valence-electron chi connectivity index (χ0n) is 14.8. The number of hydrogen-bond donors (Lipinski definition) is 1. The molecule has 2 atom stereocenters. The van der Waals surface area contributed by atoms with Crippen LogP contribution in [0.3, 0.4) is 0 Å². The SMILES string of the molecule is COc1ccccc1COC[C@H](O)CN1CCC[C@H]1c1ccccc1. The first-order valence-electron chi connectivity index (χ1n) is 8.94. The Bertz CT molecular complexity index is 647. The van der Waals surface area contributed by atoms with Gasteiger partial charge in [-0.25, -0.2) is 0 Å². The Hall–Kier alpha value is -1.88. The van der Waals surface area contributed by atoms with Crippen molar-refractivity contribution in [2.75, 3.05) is 26.8 Å². The largest absolute Gasteiger partial charge is 0.496 e. The van der Waals surface area contributed by atoms with Gasteiger partial charge in [-0.3, -0.25) is 4.90 Å². The van der Waals surface area contributed by atoms with Crippen LogP contribution in [0.2, 0.25) is 0 Å². The van der Waals surface area contributed by atoms with E-state index in [1.807, 2.05) is 30.3 Å². The molecule has 0 radical (unpaired) electrons. The molecule has 1 heterocycles. The van der Waals surface area contributed by atoms with Crippen molar-refractivity contribution in [3.8, 4) is 5.75 Å². The van der Waals surface area contributed by atoms with Gasteiger partial charge in [-0.1, -0.05) is 48.5 Å². The lowest BCUT2D eigenvalue weighted by atomic mass is 10.0. The molecule has 4 heteroatoms. The van der Waals surface area contributed by atoms with Gasteiger partial charge >= 0.3 is 0 Å². The first kappa shape index (κ1) is 17.9. The Kier molecular flexibility index (Phi) is 6.45. The van der Waals surface area contributed by atoms with E-state index in [1.54, 1.807) is 7.11 Å². The van der Waals surface area contributed by atoms with E-state index < -0.39 is 6.10 Å². The first-order valence-corrected chi connectivity index (χ1v) is 8.94. The van der Waals surface area contributed by atoms with Gasteiger partial charge in [-0.2, -0.15) is 0 Å². The summed E-state index contributed by atoms with van der Waals surface area (Å²) in [6, 6.07) is 18.8. The number of ether oxygens (including phenoxy) is 2. The number of hydrogen-bond acceptors (Lipinski definition) is 4. The summed E-state index contributed by atoms with van der Waals surface area (Å²) in [7, 11) is 1.66. The van der Waals surface area contributed by atoms with Gasteiger partial charge in [0.2, 0.25) is 0 Å². The van der Waals surface area contributed by atoms with E-state index in [1.165, 1.54) is 12.0 Å². The van der Waals surface area contributed by atoms with Crippen LogP contribution in [0.25, 0.3) is 0 Å². The van der Waals surface area contributed by atoms with Crippen LogP contribution in [-0.4, -0.2) is 42.9 Å². The number of aliphatic hydroxyl groups is 1. The van der Waals surface area contributed by atoms with Gasteiger partial charge in [0.25, 0.3) is 0 Å². The fraction of sp³-hybridized carbons (Fsp3) is 0.429. The lowest BCUT2D eigenvalue weighted by molar-refractivity contribution is 0.00725. The minimum Gasteiger partial charge on any atom is -0.496 e. The van der Waals surface area contributed by atoms with E-state index in [9.17, 15) is 5.11 Å². The van der Waals surface area contributed by atoms with Crippen LogP contribution in [-0.2, 0) is 11.3 Å². The highest BCUT2D eigenvalue weighted by Crippen LogP contribution is 2.31. The number of benzene rings is 2. The molecule has 1 aliphatic heterocycles. The zero-order valence-corrected chi connectivity index (χ0v) is 14.8. The van der Waals surface area contributed by atoms with Crippen LogP contribution in [0, 0.1) is 0 Å². The Morgan fingerprint density at radius 1 is 1.12 bits per heavy atom. The standard InChI is InChI=1S/C21H27NO3/c1-24-21-12-6-5-10-18(21)15-25-16-19(23)14-22-13-7-11-20(22)17-8-3-2-4-9-17/h2-6,8-10,12,19-20,23H,7,11,13-16H2,1H3/t19-,20+/m1/s1. The Labute approximate surface area is 150 Å². The van der Waals surface area contributed by atoms with Gasteiger partial charge in [0, 0.05) is 18.2 Å². The molecular weight excluding hydrogens is 314 g/mol. The summed E-state index contributed by atoms with van der Waals surface area (Å²) < 4.78 is 11.0. The quantitative estimate of drug-likeness (QED) is 0.799. The average Bonchev–Trinajstić information content (AvgIpc) is 3.11. The van der Waals surface area contributed by atoms with E-state index in [0.29, 0.717) is 25.8 Å². The highest BCUT2D eigenvalue weighted by Gasteiger charge is 2.27. The summed E-state index contributed by atoms with van der Waals surface area (Å²) in [6.07, 6.45) is 1.84. The number of nitrogens with zero attached hydrogens (tertiary/aromatic N) is 1. The molecule has 2 aromatic rings. The average molecular weight is 341 g/mol. The molecule has 4 nitrogen and oxygen atoms in total. The number of aliphatic hydroxyl groups excluding tert-OH is 1. The van der Waals surface area contributed by atoms with Crippen molar-refractivity contribution in [3.05, 3.63) is 65.7 Å². The van der Waals surface area contributed by atoms with Gasteiger partial charge in [0.15, 0.2) is 0 Å². The third-order valence-corrected chi connectivity index (χ3v) is 4.75. The Morgan fingerprint density at radius 2 is 1.88 bits per heavy atom. The third-order valence-electron chi connectivity index (χ3n) is 4.75. The first-order chi connectivity index (χ1) is 12.3. The highest BCUT2D eigenvalue weighted by molar-refractivity contribution is 5.32. The second-order valence-corrected chi connectivity index (χ2v) is 6.54. The molecule has 0 amide bonds. The molecular formula is C21H27NO3. The van der Waals surface area contributed by atoms with Crippen molar-refractivity contribution in [2.24, 2.45) is 0 Å². The molecule has 25 heavy (non-hydrogen) atoms. The summed E-state index contributed by atoms with van der Waals surface area (Å²) >= 11 is 0. The molecule has 3 rings (SSSR count). The number of para-hydroxylation sites is 1. The van der Waals surface area contributed by atoms with Crippen LogP contribution in [0.5, 0.6) is 5.75 Å². The molecule has 0 aromatic heterocycles. The van der Waals surface area contributed by atoms with Crippen molar-refractivity contribution < 1.29 is 14.6 Å². The van der Waals surface area contributed by atoms with E-state index >= 15 is 0 Å². The van der Waals surface area contributed by atoms with Crippen LogP contribution >= 0.6 is 0 Å². The van der Waals surface area contributed by atoms with Gasteiger partial charge in [0.1, 0.15) is 5.75 Å². The smallest absolute Gasteiger partial charge is 0.124 e. The molecule has 134 valence electrons. The van der Waals surface area contributed by atoms with Crippen LogP contribution in [0.4, 0.5) is 0 Å². The van der Waals surface area contributed by atoms with E-state index in [-0.39, 0.29) is 0 Å². The molecule has 2 aromatic carbocycles. The molecule has 0 unspecified atom stereocenters. The topological polar surface area (TPSA) is 41.9 Å². The van der Waals surface area contributed by atoms with Crippen molar-refractivity contribution in [1.82, 2.24) is 4.90 Å². The van der Waals surface area contributed by atoms with Gasteiger partial charge in [-0.15, -0.1) is 0 Å². The molecule has 1 saturated heterocycles. The Morgan fingerprint density at radius 3 is 2.68 bits per heavy atom. The minimum atomic E-state index is -0.487. The van der Waals surface area contributed by atoms with E-state index in [0.717, 1.165) is 24.3 Å². The predicted molar refractivity (Wildman–Crippen MR) is 98.6 cm³/mol. The fourth-order valence-electron chi connectivity index (χ4n) is 3.55. The number of methoxy groups -OCH3 is 1. The lowest BCUT2D eigenvalue weighted by Gasteiger charge is -2.27. The lowest BCUT2D eigenvalue weighted by Crippen LogP contribution is -2.34. The third kappa shape index (κ3) is 4.82. The molecule has 0 spiro atoms. The maximum Gasteiger partial charge on any atom is 0.124 e. The van der Waals surface area contributed by atoms with Gasteiger partial charge in [0.05, 0.1) is 26.4 Å².